The molecule has 2 heterocycles. The van der Waals surface area contributed by atoms with Crippen LogP contribution in [0.15, 0.2) is 12.3 Å². The van der Waals surface area contributed by atoms with Crippen molar-refractivity contribution in [3.8, 4) is 0 Å². The van der Waals surface area contributed by atoms with Crippen molar-refractivity contribution in [2.75, 3.05) is 13.1 Å². The van der Waals surface area contributed by atoms with Crippen molar-refractivity contribution >= 4 is 0 Å². The zero-order valence-electron chi connectivity index (χ0n) is 9.68. The van der Waals surface area contributed by atoms with Crippen LogP contribution in [0.4, 0.5) is 8.78 Å². The quantitative estimate of drug-likeness (QED) is 0.813. The minimum atomic E-state index is -0.595. The second kappa shape index (κ2) is 4.02. The normalized spacial score (nSPS) is 23.6. The molecule has 1 aliphatic heterocycles. The van der Waals surface area contributed by atoms with E-state index in [1.54, 1.807) is 0 Å². The maximum absolute atomic E-state index is 13.6. The van der Waals surface area contributed by atoms with Crippen molar-refractivity contribution in [3.63, 3.8) is 0 Å². The van der Waals surface area contributed by atoms with Gasteiger partial charge in [0, 0.05) is 12.0 Å². The third-order valence-corrected chi connectivity index (χ3v) is 4.25. The van der Waals surface area contributed by atoms with Gasteiger partial charge in [0.05, 0.1) is 11.9 Å². The number of hydrogen-bond acceptors (Lipinski definition) is 2. The average molecular weight is 238 g/mol. The van der Waals surface area contributed by atoms with Crippen LogP contribution in [0.1, 0.15) is 37.3 Å². The Morgan fingerprint density at radius 1 is 1.24 bits per heavy atom. The number of nitrogens with zero attached hydrogens (tertiary/aromatic N) is 1. The summed E-state index contributed by atoms with van der Waals surface area (Å²) in [6, 6.07) is 0.940. The second-order valence-corrected chi connectivity index (χ2v) is 5.38. The predicted molar refractivity (Wildman–Crippen MR) is 60.7 cm³/mol. The molecule has 17 heavy (non-hydrogen) atoms. The van der Waals surface area contributed by atoms with Gasteiger partial charge in [-0.3, -0.25) is 4.98 Å². The van der Waals surface area contributed by atoms with Gasteiger partial charge in [-0.2, -0.15) is 0 Å². The molecule has 1 N–H and O–H groups in total. The van der Waals surface area contributed by atoms with E-state index >= 15 is 0 Å². The first-order valence-corrected chi connectivity index (χ1v) is 6.20. The van der Waals surface area contributed by atoms with Gasteiger partial charge in [0.1, 0.15) is 11.6 Å². The monoisotopic (exact) mass is 238 g/mol. The van der Waals surface area contributed by atoms with E-state index in [1.807, 2.05) is 0 Å². The summed E-state index contributed by atoms with van der Waals surface area (Å²) >= 11 is 0. The van der Waals surface area contributed by atoms with E-state index in [9.17, 15) is 8.78 Å². The summed E-state index contributed by atoms with van der Waals surface area (Å²) in [4.78, 5) is 3.91. The SMILES string of the molecule is Fc1cnc(C2CC3(CCNCC3)C2)c(F)c1. The standard InChI is InChI=1S/C13H16F2N2/c14-10-5-11(15)12(17-8-10)9-6-13(7-9)1-3-16-4-2-13/h5,8-9,16H,1-4,6-7H2. The number of aromatic nitrogens is 1. The molecule has 0 bridgehead atoms. The predicted octanol–water partition coefficient (Wildman–Crippen LogP) is 2.61. The summed E-state index contributed by atoms with van der Waals surface area (Å²) in [5.74, 6) is -0.894. The molecule has 2 nitrogen and oxygen atoms in total. The molecule has 4 heteroatoms. The molecule has 92 valence electrons. The van der Waals surface area contributed by atoms with Crippen molar-refractivity contribution in [3.05, 3.63) is 29.6 Å². The second-order valence-electron chi connectivity index (χ2n) is 5.38. The Kier molecular flexibility index (Phi) is 2.62. The minimum Gasteiger partial charge on any atom is -0.317 e. The van der Waals surface area contributed by atoms with Gasteiger partial charge in [0.25, 0.3) is 0 Å². The van der Waals surface area contributed by atoms with Gasteiger partial charge in [0.2, 0.25) is 0 Å². The van der Waals surface area contributed by atoms with Crippen LogP contribution in [-0.4, -0.2) is 18.1 Å². The molecule has 3 rings (SSSR count). The Morgan fingerprint density at radius 3 is 2.59 bits per heavy atom. The molecule has 1 saturated heterocycles. The molecule has 1 spiro atoms. The zero-order valence-corrected chi connectivity index (χ0v) is 9.68. The van der Waals surface area contributed by atoms with E-state index in [0.717, 1.165) is 38.2 Å². The number of nitrogens with one attached hydrogen (secondary N) is 1. The Balaban J connectivity index is 1.72. The summed E-state index contributed by atoms with van der Waals surface area (Å²) in [6.45, 7) is 2.12. The Morgan fingerprint density at radius 2 is 1.94 bits per heavy atom. The molecule has 1 saturated carbocycles. The van der Waals surface area contributed by atoms with E-state index in [4.69, 9.17) is 0 Å². The van der Waals surface area contributed by atoms with Crippen LogP contribution in [0, 0.1) is 17.0 Å². The largest absolute Gasteiger partial charge is 0.317 e. The highest BCUT2D eigenvalue weighted by atomic mass is 19.1. The highest BCUT2D eigenvalue weighted by Crippen LogP contribution is 2.55. The molecule has 0 unspecified atom stereocenters. The number of pyridine rings is 1. The topological polar surface area (TPSA) is 24.9 Å². The fourth-order valence-electron chi connectivity index (χ4n) is 3.27. The third-order valence-electron chi connectivity index (χ3n) is 4.25. The third kappa shape index (κ3) is 1.95. The van der Waals surface area contributed by atoms with Crippen LogP contribution in [0.2, 0.25) is 0 Å². The van der Waals surface area contributed by atoms with E-state index in [1.165, 1.54) is 12.8 Å². The lowest BCUT2D eigenvalue weighted by Crippen LogP contribution is -2.44. The summed E-state index contributed by atoms with van der Waals surface area (Å²) in [7, 11) is 0. The van der Waals surface area contributed by atoms with Gasteiger partial charge in [0.15, 0.2) is 0 Å². The molecule has 0 radical (unpaired) electrons. The number of hydrogen-bond donors (Lipinski definition) is 1. The fraction of sp³-hybridized carbons (Fsp3) is 0.615. The van der Waals surface area contributed by atoms with E-state index < -0.39 is 11.6 Å². The number of piperidine rings is 1. The fourth-order valence-corrected chi connectivity index (χ4v) is 3.27. The van der Waals surface area contributed by atoms with Crippen LogP contribution in [0.25, 0.3) is 0 Å². The van der Waals surface area contributed by atoms with Crippen LogP contribution < -0.4 is 5.32 Å². The summed E-state index contributed by atoms with van der Waals surface area (Å²) in [5.41, 5.74) is 0.855. The van der Waals surface area contributed by atoms with Crippen LogP contribution in [0.3, 0.4) is 0 Å². The molecule has 2 fully saturated rings. The lowest BCUT2D eigenvalue weighted by atomic mass is 9.57. The summed E-state index contributed by atoms with van der Waals surface area (Å²) in [5, 5.41) is 3.34. The first kappa shape index (κ1) is 11.1. The molecule has 2 aliphatic rings. The van der Waals surface area contributed by atoms with Crippen molar-refractivity contribution in [1.29, 1.82) is 0 Å². The maximum atomic E-state index is 13.6. The lowest BCUT2D eigenvalue weighted by Gasteiger charge is -2.50. The van der Waals surface area contributed by atoms with E-state index in [0.29, 0.717) is 11.1 Å². The Labute approximate surface area is 99.4 Å². The van der Waals surface area contributed by atoms with Crippen molar-refractivity contribution in [1.82, 2.24) is 10.3 Å². The van der Waals surface area contributed by atoms with Gasteiger partial charge < -0.3 is 5.32 Å². The Bertz CT molecular complexity index is 419. The molecular formula is C13H16F2N2. The molecule has 0 amide bonds. The van der Waals surface area contributed by atoms with Crippen molar-refractivity contribution < 1.29 is 8.78 Å². The molecule has 0 aromatic carbocycles. The highest BCUT2D eigenvalue weighted by Gasteiger charge is 2.46. The van der Waals surface area contributed by atoms with Gasteiger partial charge >= 0.3 is 0 Å². The number of rotatable bonds is 1. The minimum absolute atomic E-state index is 0.189. The molecule has 1 aromatic heterocycles. The first-order chi connectivity index (χ1) is 8.19. The van der Waals surface area contributed by atoms with E-state index in [-0.39, 0.29) is 5.92 Å². The van der Waals surface area contributed by atoms with Gasteiger partial charge in [-0.25, -0.2) is 8.78 Å². The molecule has 0 atom stereocenters. The van der Waals surface area contributed by atoms with Crippen LogP contribution in [-0.2, 0) is 0 Å². The first-order valence-electron chi connectivity index (χ1n) is 6.20. The number of halogens is 2. The smallest absolute Gasteiger partial charge is 0.147 e. The Hall–Kier alpha value is -1.03. The zero-order chi connectivity index (χ0) is 11.9. The van der Waals surface area contributed by atoms with E-state index in [2.05, 4.69) is 10.3 Å². The maximum Gasteiger partial charge on any atom is 0.147 e. The summed E-state index contributed by atoms with van der Waals surface area (Å²) < 4.78 is 26.3. The highest BCUT2D eigenvalue weighted by molar-refractivity contribution is 5.19. The van der Waals surface area contributed by atoms with Crippen LogP contribution in [0.5, 0.6) is 0 Å². The summed E-state index contributed by atoms with van der Waals surface area (Å²) in [6.07, 6.45) is 5.47. The van der Waals surface area contributed by atoms with Crippen molar-refractivity contribution in [2.45, 2.75) is 31.6 Å². The van der Waals surface area contributed by atoms with Gasteiger partial charge in [-0.05, 0) is 44.2 Å². The molecular weight excluding hydrogens is 222 g/mol. The van der Waals surface area contributed by atoms with Gasteiger partial charge in [-0.1, -0.05) is 0 Å². The molecule has 1 aliphatic carbocycles. The molecule has 1 aromatic rings. The average Bonchev–Trinajstić information content (AvgIpc) is 2.27. The van der Waals surface area contributed by atoms with Crippen molar-refractivity contribution in [2.24, 2.45) is 5.41 Å². The lowest BCUT2D eigenvalue weighted by molar-refractivity contribution is 0.0570. The van der Waals surface area contributed by atoms with Gasteiger partial charge in [-0.15, -0.1) is 0 Å². The van der Waals surface area contributed by atoms with Crippen LogP contribution >= 0.6 is 0 Å².